The number of nitrogens with one attached hydrogen (secondary N) is 1. The molecule has 3 unspecified atom stereocenters. The molecule has 3 atom stereocenters. The largest absolute Gasteiger partial charge is 0.493 e. The predicted molar refractivity (Wildman–Crippen MR) is 122 cm³/mol. The predicted octanol–water partition coefficient (Wildman–Crippen LogP) is 2.47. The summed E-state index contributed by atoms with van der Waals surface area (Å²) in [4.78, 5) is 26.1. The van der Waals surface area contributed by atoms with Gasteiger partial charge in [0.15, 0.2) is 5.54 Å². The zero-order valence-corrected chi connectivity index (χ0v) is 19.6. The number of sulfonamides is 1. The number of carboxylic acids is 1. The minimum absolute atomic E-state index is 0.110. The van der Waals surface area contributed by atoms with E-state index in [0.29, 0.717) is 24.3 Å². The molecule has 0 spiro atoms. The number of hydrogen-bond donors (Lipinski definition) is 2. The molecule has 4 rings (SSSR count). The summed E-state index contributed by atoms with van der Waals surface area (Å²) in [6.07, 6.45) is 0.692. The minimum Gasteiger partial charge on any atom is -0.493 e. The lowest BCUT2D eigenvalue weighted by atomic mass is 10.0. The van der Waals surface area contributed by atoms with Crippen molar-refractivity contribution in [1.82, 2.24) is 9.43 Å². The van der Waals surface area contributed by atoms with Crippen LogP contribution in [-0.2, 0) is 19.6 Å². The quantitative estimate of drug-likeness (QED) is 0.518. The SMILES string of the molecule is CN(C)CCCC(=O)Nc1ccccc1S(=O)(=O)N(F)C1(C(=O)O)C2COc3ccccc3C21. The Balaban J connectivity index is 1.64. The van der Waals surface area contributed by atoms with Crippen LogP contribution in [0.2, 0.25) is 0 Å². The van der Waals surface area contributed by atoms with E-state index in [0.717, 1.165) is 6.07 Å². The molecule has 0 saturated heterocycles. The Hall–Kier alpha value is -3.02. The van der Waals surface area contributed by atoms with Crippen LogP contribution in [0, 0.1) is 5.92 Å². The van der Waals surface area contributed by atoms with E-state index in [2.05, 4.69) is 5.32 Å². The molecule has 2 aliphatic rings. The summed E-state index contributed by atoms with van der Waals surface area (Å²) in [6.45, 7) is 0.535. The van der Waals surface area contributed by atoms with Crippen LogP contribution >= 0.6 is 0 Å². The zero-order chi connectivity index (χ0) is 24.7. The van der Waals surface area contributed by atoms with Gasteiger partial charge >= 0.3 is 5.97 Å². The van der Waals surface area contributed by atoms with Gasteiger partial charge in [-0.05, 0) is 49.8 Å². The summed E-state index contributed by atoms with van der Waals surface area (Å²) in [7, 11) is -1.21. The van der Waals surface area contributed by atoms with Gasteiger partial charge in [-0.3, -0.25) is 9.59 Å². The van der Waals surface area contributed by atoms with Crippen LogP contribution in [0.25, 0.3) is 0 Å². The van der Waals surface area contributed by atoms with E-state index >= 15 is 4.48 Å². The lowest BCUT2D eigenvalue weighted by Crippen LogP contribution is -2.45. The molecule has 1 aliphatic carbocycles. The number of nitrogens with zero attached hydrogens (tertiary/aromatic N) is 2. The average Bonchev–Trinajstić information content (AvgIpc) is 3.49. The van der Waals surface area contributed by atoms with Gasteiger partial charge in [0, 0.05) is 23.8 Å². The maximum atomic E-state index is 15.9. The van der Waals surface area contributed by atoms with Crippen molar-refractivity contribution < 1.29 is 32.3 Å². The number of carbonyl (C=O) groups excluding carboxylic acids is 1. The standard InChI is InChI=1S/C23H26FN3O6S/c1-26(2)13-7-12-20(28)25-17-9-4-6-11-19(17)34(31,32)27(24)23(22(29)30)16-14-33-18-10-5-3-8-15(18)21(16)23/h3-6,8-11,16,21H,7,12-14H2,1-2H3,(H,25,28)(H,29,30). The van der Waals surface area contributed by atoms with Crippen LogP contribution in [-0.4, -0.2) is 67.6 Å². The van der Waals surface area contributed by atoms with Crippen LogP contribution in [0.15, 0.2) is 53.4 Å². The molecule has 1 saturated carbocycles. The molecule has 1 aliphatic heterocycles. The molecule has 34 heavy (non-hydrogen) atoms. The molecule has 1 heterocycles. The Labute approximate surface area is 197 Å². The first-order valence-corrected chi connectivity index (χ1v) is 12.3. The Morgan fingerprint density at radius 3 is 2.56 bits per heavy atom. The van der Waals surface area contributed by atoms with Crippen molar-refractivity contribution in [1.29, 1.82) is 0 Å². The molecule has 0 radical (unpaired) electrons. The molecule has 182 valence electrons. The van der Waals surface area contributed by atoms with E-state index in [9.17, 15) is 23.1 Å². The highest BCUT2D eigenvalue weighted by atomic mass is 32.2. The Bertz CT molecular complexity index is 1220. The fourth-order valence-electron chi connectivity index (χ4n) is 4.63. The van der Waals surface area contributed by atoms with Crippen molar-refractivity contribution in [2.75, 3.05) is 32.6 Å². The van der Waals surface area contributed by atoms with E-state index in [4.69, 9.17) is 4.74 Å². The second-order valence-electron chi connectivity index (χ2n) is 8.73. The molecule has 2 aromatic rings. The summed E-state index contributed by atoms with van der Waals surface area (Å²) in [6, 6.07) is 12.0. The molecule has 0 bridgehead atoms. The maximum Gasteiger partial charge on any atom is 0.329 e. The van der Waals surface area contributed by atoms with Crippen LogP contribution in [0.4, 0.5) is 10.2 Å². The third-order valence-corrected chi connectivity index (χ3v) is 7.93. The van der Waals surface area contributed by atoms with Gasteiger partial charge in [0.05, 0.1) is 12.3 Å². The number of para-hydroxylation sites is 2. The monoisotopic (exact) mass is 491 g/mol. The molecule has 2 N–H and O–H groups in total. The third kappa shape index (κ3) is 3.93. The Morgan fingerprint density at radius 1 is 1.18 bits per heavy atom. The highest BCUT2D eigenvalue weighted by molar-refractivity contribution is 7.89. The van der Waals surface area contributed by atoms with Crippen LogP contribution in [0.5, 0.6) is 5.75 Å². The lowest BCUT2D eigenvalue weighted by Gasteiger charge is -2.22. The topological polar surface area (TPSA) is 116 Å². The average molecular weight is 492 g/mol. The van der Waals surface area contributed by atoms with Gasteiger partial charge in [0.2, 0.25) is 5.91 Å². The fraction of sp³-hybridized carbons (Fsp3) is 0.391. The fourth-order valence-corrected chi connectivity index (χ4v) is 6.17. The number of halogens is 1. The van der Waals surface area contributed by atoms with Gasteiger partial charge < -0.3 is 20.1 Å². The molecule has 1 fully saturated rings. The molecule has 11 heteroatoms. The second kappa shape index (κ2) is 8.97. The number of benzene rings is 2. The minimum atomic E-state index is -4.94. The molecular weight excluding hydrogens is 465 g/mol. The van der Waals surface area contributed by atoms with E-state index in [-0.39, 0.29) is 18.7 Å². The summed E-state index contributed by atoms with van der Waals surface area (Å²) in [5.74, 6) is -3.41. The van der Waals surface area contributed by atoms with Crippen LogP contribution < -0.4 is 10.1 Å². The summed E-state index contributed by atoms with van der Waals surface area (Å²) in [5, 5.41) is 12.5. The van der Waals surface area contributed by atoms with Gasteiger partial charge in [-0.25, -0.2) is 8.42 Å². The highest BCUT2D eigenvalue weighted by Crippen LogP contribution is 2.66. The normalized spacial score (nSPS) is 23.1. The van der Waals surface area contributed by atoms with Gasteiger partial charge in [-0.2, -0.15) is 0 Å². The summed E-state index contributed by atoms with van der Waals surface area (Å²) in [5.41, 5.74) is -2.00. The summed E-state index contributed by atoms with van der Waals surface area (Å²) < 4.78 is 47.6. The number of rotatable bonds is 9. The molecule has 0 aromatic heterocycles. The van der Waals surface area contributed by atoms with Crippen molar-refractivity contribution in [2.24, 2.45) is 5.92 Å². The number of aliphatic carboxylic acids is 1. The zero-order valence-electron chi connectivity index (χ0n) is 18.8. The number of anilines is 1. The molecule has 9 nitrogen and oxygen atoms in total. The van der Waals surface area contributed by atoms with Crippen molar-refractivity contribution >= 4 is 27.6 Å². The van der Waals surface area contributed by atoms with Gasteiger partial charge in [0.1, 0.15) is 10.6 Å². The number of fused-ring (bicyclic) bond motifs is 3. The molecular formula is C23H26FN3O6S. The lowest BCUT2D eigenvalue weighted by molar-refractivity contribution is -0.149. The number of carbonyl (C=O) groups is 2. The molecule has 1 amide bonds. The second-order valence-corrected chi connectivity index (χ2v) is 10.4. The van der Waals surface area contributed by atoms with E-state index in [1.807, 2.05) is 19.0 Å². The Kier molecular flexibility index (Phi) is 6.36. The highest BCUT2D eigenvalue weighted by Gasteiger charge is 2.79. The van der Waals surface area contributed by atoms with Crippen molar-refractivity contribution in [3.63, 3.8) is 0 Å². The summed E-state index contributed by atoms with van der Waals surface area (Å²) >= 11 is 0. The first-order chi connectivity index (χ1) is 16.1. The van der Waals surface area contributed by atoms with Gasteiger partial charge in [0.25, 0.3) is 10.0 Å². The smallest absolute Gasteiger partial charge is 0.329 e. The number of ether oxygens (including phenoxy) is 1. The van der Waals surface area contributed by atoms with Gasteiger partial charge in [-0.1, -0.05) is 30.3 Å². The number of amides is 1. The third-order valence-electron chi connectivity index (χ3n) is 6.30. The first-order valence-electron chi connectivity index (χ1n) is 10.8. The van der Waals surface area contributed by atoms with E-state index in [1.165, 1.54) is 18.2 Å². The van der Waals surface area contributed by atoms with Gasteiger partial charge in [-0.15, -0.1) is 4.48 Å². The number of hydrogen-bond acceptors (Lipinski definition) is 6. The maximum absolute atomic E-state index is 15.9. The van der Waals surface area contributed by atoms with E-state index < -0.39 is 48.7 Å². The molecule has 2 aromatic carbocycles. The van der Waals surface area contributed by atoms with Crippen molar-refractivity contribution in [3.8, 4) is 5.75 Å². The first kappa shape index (κ1) is 24.1. The number of carboxylic acid groups (broad SMARTS) is 1. The van der Waals surface area contributed by atoms with Crippen molar-refractivity contribution in [2.45, 2.75) is 29.2 Å². The van der Waals surface area contributed by atoms with E-state index in [1.54, 1.807) is 24.3 Å². The van der Waals surface area contributed by atoms with Crippen LogP contribution in [0.3, 0.4) is 0 Å². The van der Waals surface area contributed by atoms with Crippen LogP contribution in [0.1, 0.15) is 24.3 Å². The van der Waals surface area contributed by atoms with Crippen molar-refractivity contribution in [3.05, 3.63) is 54.1 Å². The Morgan fingerprint density at radius 2 is 1.85 bits per heavy atom.